The number of carbonyl (C=O) groups is 2. The molecule has 0 bridgehead atoms. The van der Waals surface area contributed by atoms with Crippen LogP contribution in [-0.4, -0.2) is 22.3 Å². The van der Waals surface area contributed by atoms with Crippen LogP contribution in [-0.2, 0) is 9.59 Å². The molecule has 146 valence electrons. The highest BCUT2D eigenvalue weighted by Crippen LogP contribution is 2.31. The number of nitrogens with two attached hydrogens (primary N) is 1. The van der Waals surface area contributed by atoms with Crippen LogP contribution in [0.2, 0.25) is 0 Å². The number of anilines is 2. The number of halogens is 2. The van der Waals surface area contributed by atoms with Gasteiger partial charge in [-0.1, -0.05) is 19.3 Å². The molecule has 1 saturated carbocycles. The first kappa shape index (κ1) is 21.3. The number of carbonyl (C=O) groups excluding carboxylic acids is 2. The Morgan fingerprint density at radius 3 is 2.56 bits per heavy atom. The first-order valence-corrected chi connectivity index (χ1v) is 9.39. The van der Waals surface area contributed by atoms with Crippen molar-refractivity contribution >= 4 is 46.4 Å². The first-order valence-electron chi connectivity index (χ1n) is 8.51. The zero-order valence-electron chi connectivity index (χ0n) is 14.9. The van der Waals surface area contributed by atoms with Crippen LogP contribution in [0.3, 0.4) is 0 Å². The van der Waals surface area contributed by atoms with Gasteiger partial charge in [-0.05, 0) is 31.0 Å². The highest BCUT2D eigenvalue weighted by atomic mass is 35.5. The number of thiazole rings is 1. The van der Waals surface area contributed by atoms with E-state index >= 15 is 0 Å². The van der Waals surface area contributed by atoms with Crippen LogP contribution in [0.5, 0.6) is 0 Å². The van der Waals surface area contributed by atoms with E-state index in [0.29, 0.717) is 34.9 Å². The maximum Gasteiger partial charge on any atom is 0.246 e. The van der Waals surface area contributed by atoms with Gasteiger partial charge in [0.2, 0.25) is 11.8 Å². The fraction of sp³-hybridized carbons (Fsp3) is 0.389. The lowest BCUT2D eigenvalue weighted by molar-refractivity contribution is -0.122. The number of aromatic nitrogens is 1. The molecule has 0 saturated heterocycles. The normalized spacial score (nSPS) is 15.5. The summed E-state index contributed by atoms with van der Waals surface area (Å²) in [5.74, 6) is -1.00. The van der Waals surface area contributed by atoms with Crippen LogP contribution in [0.1, 0.15) is 39.0 Å². The van der Waals surface area contributed by atoms with Crippen LogP contribution in [0.15, 0.2) is 23.6 Å². The molecule has 3 rings (SSSR count). The zero-order valence-corrected chi connectivity index (χ0v) is 16.5. The third-order valence-electron chi connectivity index (χ3n) is 4.49. The second-order valence-corrected chi connectivity index (χ2v) is 7.44. The number of hydrogen-bond donors (Lipinski definition) is 3. The average molecular weight is 413 g/mol. The molecule has 6 nitrogen and oxygen atoms in total. The Labute approximate surface area is 167 Å². The highest BCUT2D eigenvalue weighted by Gasteiger charge is 2.35. The van der Waals surface area contributed by atoms with E-state index in [1.165, 1.54) is 24.3 Å². The van der Waals surface area contributed by atoms with Gasteiger partial charge in [0, 0.05) is 23.6 Å². The molecule has 0 radical (unpaired) electrons. The smallest absolute Gasteiger partial charge is 0.246 e. The molecule has 27 heavy (non-hydrogen) atoms. The third-order valence-corrected chi connectivity index (χ3v) is 5.25. The summed E-state index contributed by atoms with van der Waals surface area (Å²) in [7, 11) is 0. The summed E-state index contributed by atoms with van der Waals surface area (Å²) in [5.41, 5.74) is 6.47. The lowest BCUT2D eigenvalue weighted by Crippen LogP contribution is -2.52. The van der Waals surface area contributed by atoms with E-state index < -0.39 is 11.4 Å². The Kier molecular flexibility index (Phi) is 6.91. The van der Waals surface area contributed by atoms with Crippen molar-refractivity contribution in [2.75, 3.05) is 10.6 Å². The van der Waals surface area contributed by atoms with Crippen molar-refractivity contribution in [2.24, 2.45) is 5.73 Å². The fourth-order valence-corrected chi connectivity index (χ4v) is 3.80. The molecule has 0 atom stereocenters. The molecule has 1 aliphatic rings. The largest absolute Gasteiger partial charge is 0.326 e. The van der Waals surface area contributed by atoms with Gasteiger partial charge in [0.05, 0.1) is 11.2 Å². The van der Waals surface area contributed by atoms with Crippen molar-refractivity contribution in [3.05, 3.63) is 29.4 Å². The lowest BCUT2D eigenvalue weighted by Gasteiger charge is -2.31. The van der Waals surface area contributed by atoms with E-state index in [1.54, 1.807) is 17.5 Å². The van der Waals surface area contributed by atoms with Gasteiger partial charge in [-0.2, -0.15) is 0 Å². The second kappa shape index (κ2) is 8.77. The van der Waals surface area contributed by atoms with E-state index in [9.17, 15) is 14.0 Å². The van der Waals surface area contributed by atoms with Crippen LogP contribution >= 0.6 is 23.7 Å². The minimum absolute atomic E-state index is 0. The van der Waals surface area contributed by atoms with Crippen molar-refractivity contribution < 1.29 is 14.0 Å². The molecule has 1 aliphatic carbocycles. The van der Waals surface area contributed by atoms with Crippen LogP contribution < -0.4 is 16.4 Å². The lowest BCUT2D eigenvalue weighted by atomic mass is 9.82. The summed E-state index contributed by atoms with van der Waals surface area (Å²) in [4.78, 5) is 27.8. The predicted octanol–water partition coefficient (Wildman–Crippen LogP) is 3.93. The van der Waals surface area contributed by atoms with Gasteiger partial charge >= 0.3 is 0 Å². The molecule has 1 aromatic heterocycles. The van der Waals surface area contributed by atoms with Crippen molar-refractivity contribution in [2.45, 2.75) is 44.6 Å². The molecule has 0 spiro atoms. The van der Waals surface area contributed by atoms with E-state index in [-0.39, 0.29) is 24.2 Å². The summed E-state index contributed by atoms with van der Waals surface area (Å²) in [6.07, 6.45) is 4.31. The molecule has 4 N–H and O–H groups in total. The quantitative estimate of drug-likeness (QED) is 0.708. The standard InChI is InChI=1S/C18H21FN4O2S.ClH/c1-11(24)21-12-5-6-13(14(19)9-12)15-10-26-17(22-15)23-16(25)18(20)7-3-2-4-8-18;/h5-6,9-10H,2-4,7-8,20H2,1H3,(H,21,24)(H,22,23,25);1H. The number of nitrogens with zero attached hydrogens (tertiary/aromatic N) is 1. The van der Waals surface area contributed by atoms with E-state index in [4.69, 9.17) is 5.73 Å². The maximum atomic E-state index is 14.3. The summed E-state index contributed by atoms with van der Waals surface area (Å²) >= 11 is 1.22. The summed E-state index contributed by atoms with van der Waals surface area (Å²) < 4.78 is 14.3. The van der Waals surface area contributed by atoms with E-state index in [1.807, 2.05) is 0 Å². The Bertz CT molecular complexity index is 837. The number of hydrogen-bond acceptors (Lipinski definition) is 5. The highest BCUT2D eigenvalue weighted by molar-refractivity contribution is 7.14. The summed E-state index contributed by atoms with van der Waals surface area (Å²) in [6, 6.07) is 4.40. The van der Waals surface area contributed by atoms with Crippen molar-refractivity contribution in [1.29, 1.82) is 0 Å². The molecule has 1 aromatic carbocycles. The molecule has 9 heteroatoms. The summed E-state index contributed by atoms with van der Waals surface area (Å²) in [6.45, 7) is 1.36. The second-order valence-electron chi connectivity index (χ2n) is 6.58. The number of benzene rings is 1. The average Bonchev–Trinajstić information content (AvgIpc) is 3.03. The van der Waals surface area contributed by atoms with Crippen molar-refractivity contribution in [1.82, 2.24) is 4.98 Å². The summed E-state index contributed by atoms with van der Waals surface area (Å²) in [5, 5.41) is 7.36. The van der Waals surface area contributed by atoms with E-state index in [0.717, 1.165) is 19.3 Å². The zero-order chi connectivity index (χ0) is 18.7. The molecular weight excluding hydrogens is 391 g/mol. The van der Waals surface area contributed by atoms with Crippen LogP contribution in [0.25, 0.3) is 11.3 Å². The van der Waals surface area contributed by atoms with Gasteiger partial charge in [0.15, 0.2) is 5.13 Å². The number of rotatable bonds is 4. The van der Waals surface area contributed by atoms with Crippen molar-refractivity contribution in [3.63, 3.8) is 0 Å². The van der Waals surface area contributed by atoms with Crippen molar-refractivity contribution in [3.8, 4) is 11.3 Å². The monoisotopic (exact) mass is 412 g/mol. The SMILES string of the molecule is CC(=O)Nc1ccc(-c2csc(NC(=O)C3(N)CCCCC3)n2)c(F)c1.Cl. The molecule has 0 unspecified atom stereocenters. The van der Waals surface area contributed by atoms with Gasteiger partial charge in [0.1, 0.15) is 5.82 Å². The molecule has 0 aliphatic heterocycles. The van der Waals surface area contributed by atoms with Gasteiger partial charge < -0.3 is 16.4 Å². The van der Waals surface area contributed by atoms with Crippen LogP contribution in [0, 0.1) is 5.82 Å². The van der Waals surface area contributed by atoms with Crippen LogP contribution in [0.4, 0.5) is 15.2 Å². The maximum absolute atomic E-state index is 14.3. The van der Waals surface area contributed by atoms with Gasteiger partial charge in [-0.3, -0.25) is 9.59 Å². The third kappa shape index (κ3) is 5.03. The van der Waals surface area contributed by atoms with Gasteiger partial charge in [-0.15, -0.1) is 23.7 Å². The predicted molar refractivity (Wildman–Crippen MR) is 108 cm³/mol. The Balaban J connectivity index is 0.00000261. The minimum Gasteiger partial charge on any atom is -0.326 e. The molecule has 2 amide bonds. The molecular formula is C18H22ClFN4O2S. The molecule has 1 heterocycles. The van der Waals surface area contributed by atoms with Gasteiger partial charge in [0.25, 0.3) is 0 Å². The Morgan fingerprint density at radius 1 is 1.22 bits per heavy atom. The number of amides is 2. The topological polar surface area (TPSA) is 97.1 Å². The molecule has 1 fully saturated rings. The fourth-order valence-electron chi connectivity index (χ4n) is 3.09. The van der Waals surface area contributed by atoms with Gasteiger partial charge in [-0.25, -0.2) is 9.37 Å². The Morgan fingerprint density at radius 2 is 1.93 bits per heavy atom. The van der Waals surface area contributed by atoms with E-state index in [2.05, 4.69) is 15.6 Å². The Hall–Kier alpha value is -2.03. The number of nitrogens with one attached hydrogen (secondary N) is 2. The first-order chi connectivity index (χ1) is 12.4. The minimum atomic E-state index is -0.852. The molecule has 2 aromatic rings.